The highest BCUT2D eigenvalue weighted by Crippen LogP contribution is 2.15. The minimum atomic E-state index is -3.41. The number of sulfonamides is 1. The van der Waals surface area contributed by atoms with Crippen LogP contribution in [0.15, 0.2) is 57.9 Å². The van der Waals surface area contributed by atoms with Crippen molar-refractivity contribution in [1.29, 1.82) is 0 Å². The summed E-state index contributed by atoms with van der Waals surface area (Å²) < 4.78 is 27.6. The third-order valence-electron chi connectivity index (χ3n) is 3.05. The molecule has 0 saturated heterocycles. The van der Waals surface area contributed by atoms with Crippen LogP contribution in [0.5, 0.6) is 0 Å². The predicted octanol–water partition coefficient (Wildman–Crippen LogP) is 3.97. The Bertz CT molecular complexity index is 698. The molecule has 0 fully saturated rings. The fourth-order valence-corrected chi connectivity index (χ4v) is 4.06. The Morgan fingerprint density at radius 2 is 1.68 bits per heavy atom. The molecule has 1 N–H and O–H groups in total. The summed E-state index contributed by atoms with van der Waals surface area (Å²) in [5, 5.41) is 0. The van der Waals surface area contributed by atoms with Crippen molar-refractivity contribution in [3.63, 3.8) is 0 Å². The van der Waals surface area contributed by atoms with E-state index in [1.165, 1.54) is 11.1 Å². The average molecular weight is 400 g/mol. The maximum absolute atomic E-state index is 12.1. The molecule has 0 unspecified atom stereocenters. The van der Waals surface area contributed by atoms with Gasteiger partial charge in [0.25, 0.3) is 0 Å². The molecule has 3 nitrogen and oxygen atoms in total. The molecule has 0 bridgehead atoms. The van der Waals surface area contributed by atoms with Gasteiger partial charge in [0.2, 0.25) is 10.0 Å². The Labute approximate surface area is 144 Å². The molecular weight excluding hydrogens is 382 g/mol. The second-order valence-electron chi connectivity index (χ2n) is 4.89. The highest BCUT2D eigenvalue weighted by Gasteiger charge is 2.12. The van der Waals surface area contributed by atoms with Gasteiger partial charge < -0.3 is 0 Å². The van der Waals surface area contributed by atoms with E-state index in [2.05, 4.69) is 51.8 Å². The van der Waals surface area contributed by atoms with Crippen LogP contribution in [0.2, 0.25) is 0 Å². The summed E-state index contributed by atoms with van der Waals surface area (Å²) in [6.07, 6.45) is 0. The van der Waals surface area contributed by atoms with Gasteiger partial charge in [-0.25, -0.2) is 13.1 Å². The van der Waals surface area contributed by atoms with Gasteiger partial charge in [0.05, 0.1) is 4.90 Å². The molecule has 0 amide bonds. The van der Waals surface area contributed by atoms with Gasteiger partial charge >= 0.3 is 0 Å². The van der Waals surface area contributed by atoms with Gasteiger partial charge in [-0.1, -0.05) is 45.8 Å². The zero-order chi connectivity index (χ0) is 16.0. The lowest BCUT2D eigenvalue weighted by atomic mass is 10.2. The molecule has 2 aromatic rings. The van der Waals surface area contributed by atoms with E-state index in [-0.39, 0.29) is 0 Å². The molecule has 0 saturated carbocycles. The lowest BCUT2D eigenvalue weighted by molar-refractivity contribution is 0.584. The summed E-state index contributed by atoms with van der Waals surface area (Å²) in [7, 11) is -3.41. The number of halogens is 1. The standard InChI is InChI=1S/C16H18BrNO2S2/c1-13-2-4-14(5-3-13)12-21-11-10-18-22(19,20)16-8-6-15(17)7-9-16/h2-9,18H,10-12H2,1H3. The number of aryl methyl sites for hydroxylation is 1. The van der Waals surface area contributed by atoms with E-state index in [4.69, 9.17) is 0 Å². The van der Waals surface area contributed by atoms with Crippen molar-refractivity contribution in [1.82, 2.24) is 4.72 Å². The Morgan fingerprint density at radius 3 is 2.32 bits per heavy atom. The smallest absolute Gasteiger partial charge is 0.210 e. The lowest BCUT2D eigenvalue weighted by Gasteiger charge is -2.07. The minimum Gasteiger partial charge on any atom is -0.210 e. The van der Waals surface area contributed by atoms with E-state index < -0.39 is 10.0 Å². The van der Waals surface area contributed by atoms with Gasteiger partial charge in [-0.05, 0) is 36.8 Å². The van der Waals surface area contributed by atoms with Crippen LogP contribution < -0.4 is 4.72 Å². The zero-order valence-electron chi connectivity index (χ0n) is 12.3. The quantitative estimate of drug-likeness (QED) is 0.716. The molecule has 0 heterocycles. The van der Waals surface area contributed by atoms with Crippen LogP contribution in [0.4, 0.5) is 0 Å². The Balaban J connectivity index is 1.76. The molecule has 0 aliphatic heterocycles. The highest BCUT2D eigenvalue weighted by atomic mass is 79.9. The third kappa shape index (κ3) is 5.43. The number of hydrogen-bond acceptors (Lipinski definition) is 3. The van der Waals surface area contributed by atoms with E-state index in [0.717, 1.165) is 16.0 Å². The molecule has 118 valence electrons. The van der Waals surface area contributed by atoms with E-state index in [0.29, 0.717) is 11.4 Å². The summed E-state index contributed by atoms with van der Waals surface area (Å²) in [5.74, 6) is 1.63. The summed E-state index contributed by atoms with van der Waals surface area (Å²) in [6.45, 7) is 2.49. The first-order valence-corrected chi connectivity index (χ1v) is 10.3. The van der Waals surface area contributed by atoms with Crippen molar-refractivity contribution < 1.29 is 8.42 Å². The van der Waals surface area contributed by atoms with Gasteiger partial charge in [0, 0.05) is 22.5 Å². The molecule has 2 rings (SSSR count). The van der Waals surface area contributed by atoms with E-state index in [9.17, 15) is 8.42 Å². The van der Waals surface area contributed by atoms with E-state index >= 15 is 0 Å². The molecule has 2 aromatic carbocycles. The van der Waals surface area contributed by atoms with Crippen molar-refractivity contribution in [2.24, 2.45) is 0 Å². The SMILES string of the molecule is Cc1ccc(CSCCNS(=O)(=O)c2ccc(Br)cc2)cc1. The fourth-order valence-electron chi connectivity index (χ4n) is 1.82. The van der Waals surface area contributed by atoms with Crippen LogP contribution in [0.25, 0.3) is 0 Å². The molecular formula is C16H18BrNO2S2. The maximum atomic E-state index is 12.1. The summed E-state index contributed by atoms with van der Waals surface area (Å²) in [4.78, 5) is 0.291. The number of benzene rings is 2. The van der Waals surface area contributed by atoms with Crippen LogP contribution in [0, 0.1) is 6.92 Å². The largest absolute Gasteiger partial charge is 0.240 e. The minimum absolute atomic E-state index is 0.291. The first kappa shape index (κ1) is 17.5. The number of hydrogen-bond donors (Lipinski definition) is 1. The molecule has 0 aliphatic rings. The van der Waals surface area contributed by atoms with Crippen molar-refractivity contribution in [2.75, 3.05) is 12.3 Å². The van der Waals surface area contributed by atoms with Gasteiger partial charge in [0.1, 0.15) is 0 Å². The molecule has 0 atom stereocenters. The summed E-state index contributed by atoms with van der Waals surface area (Å²) in [6, 6.07) is 15.0. The lowest BCUT2D eigenvalue weighted by Crippen LogP contribution is -2.26. The van der Waals surface area contributed by atoms with Crippen LogP contribution in [0.3, 0.4) is 0 Å². The molecule has 0 spiro atoms. The van der Waals surface area contributed by atoms with Crippen molar-refractivity contribution in [2.45, 2.75) is 17.6 Å². The molecule has 0 aromatic heterocycles. The van der Waals surface area contributed by atoms with Gasteiger partial charge in [-0.3, -0.25) is 0 Å². The van der Waals surface area contributed by atoms with Crippen LogP contribution in [0.1, 0.15) is 11.1 Å². The fraction of sp³-hybridized carbons (Fsp3) is 0.250. The number of rotatable bonds is 7. The normalized spacial score (nSPS) is 11.5. The number of thioether (sulfide) groups is 1. The Hall–Kier alpha value is -0.820. The van der Waals surface area contributed by atoms with Crippen molar-refractivity contribution in [3.05, 3.63) is 64.1 Å². The van der Waals surface area contributed by atoms with Crippen LogP contribution in [-0.2, 0) is 15.8 Å². The van der Waals surface area contributed by atoms with Gasteiger partial charge in [-0.2, -0.15) is 11.8 Å². The average Bonchev–Trinajstić information content (AvgIpc) is 2.49. The third-order valence-corrected chi connectivity index (χ3v) is 6.09. The Kier molecular flexibility index (Phi) is 6.50. The molecule has 6 heteroatoms. The van der Waals surface area contributed by atoms with Crippen LogP contribution >= 0.6 is 27.7 Å². The maximum Gasteiger partial charge on any atom is 0.240 e. The first-order chi connectivity index (χ1) is 10.5. The van der Waals surface area contributed by atoms with E-state index in [1.807, 2.05) is 0 Å². The molecule has 0 aliphatic carbocycles. The molecule has 22 heavy (non-hydrogen) atoms. The number of nitrogens with one attached hydrogen (secondary N) is 1. The van der Waals surface area contributed by atoms with E-state index in [1.54, 1.807) is 36.0 Å². The topological polar surface area (TPSA) is 46.2 Å². The monoisotopic (exact) mass is 399 g/mol. The predicted molar refractivity (Wildman–Crippen MR) is 96.7 cm³/mol. The highest BCUT2D eigenvalue weighted by molar-refractivity contribution is 9.10. The van der Waals surface area contributed by atoms with Crippen LogP contribution in [-0.4, -0.2) is 20.7 Å². The summed E-state index contributed by atoms with van der Waals surface area (Å²) in [5.41, 5.74) is 2.50. The Morgan fingerprint density at radius 1 is 1.05 bits per heavy atom. The van der Waals surface area contributed by atoms with Gasteiger partial charge in [0.15, 0.2) is 0 Å². The second kappa shape index (κ2) is 8.15. The van der Waals surface area contributed by atoms with Crippen molar-refractivity contribution in [3.8, 4) is 0 Å². The first-order valence-electron chi connectivity index (χ1n) is 6.86. The summed E-state index contributed by atoms with van der Waals surface area (Å²) >= 11 is 5.01. The van der Waals surface area contributed by atoms with Gasteiger partial charge in [-0.15, -0.1) is 0 Å². The second-order valence-corrected chi connectivity index (χ2v) is 8.68. The van der Waals surface area contributed by atoms with Crippen molar-refractivity contribution >= 4 is 37.7 Å². The zero-order valence-corrected chi connectivity index (χ0v) is 15.5. The molecule has 0 radical (unpaired) electrons.